The number of hydrogen-bond donors (Lipinski definition) is 1. The van der Waals surface area contributed by atoms with Crippen LogP contribution in [0, 0.1) is 26.6 Å². The maximum atomic E-state index is 13.4. The van der Waals surface area contributed by atoms with E-state index < -0.39 is 0 Å². The molecule has 1 amide bonds. The molecule has 6 heteroatoms. The largest absolute Gasteiger partial charge is 0.322 e. The van der Waals surface area contributed by atoms with Crippen LogP contribution in [0.25, 0.3) is 11.5 Å². The lowest BCUT2D eigenvalue weighted by molar-refractivity contribution is 0.102. The lowest BCUT2D eigenvalue weighted by atomic mass is 10.1. The molecule has 146 valence electrons. The van der Waals surface area contributed by atoms with Crippen LogP contribution < -0.4 is 5.32 Å². The van der Waals surface area contributed by atoms with Crippen LogP contribution in [0.2, 0.25) is 0 Å². The van der Waals surface area contributed by atoms with Crippen LogP contribution in [0.4, 0.5) is 10.1 Å². The molecule has 0 radical (unpaired) electrons. The van der Waals surface area contributed by atoms with Crippen molar-refractivity contribution in [2.45, 2.75) is 20.8 Å². The SMILES string of the molecule is Cc1cccc(NC(=O)c2c(C)nn(-c3ccc(F)cc3)c2-n2cccc2)c1C. The molecule has 0 atom stereocenters. The zero-order chi connectivity index (χ0) is 20.5. The molecule has 0 saturated carbocycles. The van der Waals surface area contributed by atoms with E-state index in [2.05, 4.69) is 10.4 Å². The lowest BCUT2D eigenvalue weighted by Crippen LogP contribution is -2.17. The van der Waals surface area contributed by atoms with E-state index in [1.165, 1.54) is 12.1 Å². The fraction of sp³-hybridized carbons (Fsp3) is 0.130. The number of benzene rings is 2. The maximum absolute atomic E-state index is 13.4. The molecule has 0 unspecified atom stereocenters. The standard InChI is InChI=1S/C23H21FN4O/c1-15-7-6-8-20(16(15)2)25-22(29)21-17(3)26-28(19-11-9-18(24)10-12-19)23(21)27-13-4-5-14-27/h4-14H,1-3H3,(H,25,29). The van der Waals surface area contributed by atoms with E-state index >= 15 is 0 Å². The first-order valence-corrected chi connectivity index (χ1v) is 9.32. The highest BCUT2D eigenvalue weighted by Gasteiger charge is 2.24. The van der Waals surface area contributed by atoms with E-state index in [1.54, 1.807) is 23.7 Å². The second-order valence-corrected chi connectivity index (χ2v) is 6.96. The van der Waals surface area contributed by atoms with Crippen LogP contribution in [0.15, 0.2) is 67.0 Å². The number of hydrogen-bond acceptors (Lipinski definition) is 2. The summed E-state index contributed by atoms with van der Waals surface area (Å²) in [6.07, 6.45) is 3.70. The van der Waals surface area contributed by atoms with Gasteiger partial charge in [-0.05, 0) is 74.4 Å². The molecular weight excluding hydrogens is 367 g/mol. The van der Waals surface area contributed by atoms with Crippen molar-refractivity contribution in [3.05, 3.63) is 95.2 Å². The molecule has 0 aliphatic carbocycles. The predicted octanol–water partition coefficient (Wildman–Crippen LogP) is 4.98. The van der Waals surface area contributed by atoms with Gasteiger partial charge in [0.2, 0.25) is 0 Å². The Hall–Kier alpha value is -3.67. The summed E-state index contributed by atoms with van der Waals surface area (Å²) in [7, 11) is 0. The zero-order valence-electron chi connectivity index (χ0n) is 16.5. The molecule has 0 fully saturated rings. The average molecular weight is 388 g/mol. The quantitative estimate of drug-likeness (QED) is 0.536. The lowest BCUT2D eigenvalue weighted by Gasteiger charge is -2.13. The van der Waals surface area contributed by atoms with E-state index in [4.69, 9.17) is 0 Å². The van der Waals surface area contributed by atoms with E-state index in [9.17, 15) is 9.18 Å². The Balaban J connectivity index is 1.84. The average Bonchev–Trinajstić information content (AvgIpc) is 3.33. The highest BCUT2D eigenvalue weighted by molar-refractivity contribution is 6.07. The van der Waals surface area contributed by atoms with Gasteiger partial charge < -0.3 is 9.88 Å². The molecule has 2 aromatic heterocycles. The van der Waals surface area contributed by atoms with Gasteiger partial charge in [0.1, 0.15) is 11.4 Å². The van der Waals surface area contributed by atoms with Crippen molar-refractivity contribution in [1.29, 1.82) is 0 Å². The van der Waals surface area contributed by atoms with Gasteiger partial charge in [0, 0.05) is 18.1 Å². The number of aryl methyl sites for hydroxylation is 2. The fourth-order valence-corrected chi connectivity index (χ4v) is 3.33. The van der Waals surface area contributed by atoms with Gasteiger partial charge >= 0.3 is 0 Å². The first kappa shape index (κ1) is 18.7. The molecule has 0 aliphatic heterocycles. The zero-order valence-corrected chi connectivity index (χ0v) is 16.5. The number of amides is 1. The minimum Gasteiger partial charge on any atom is -0.322 e. The number of anilines is 1. The van der Waals surface area contributed by atoms with Crippen molar-refractivity contribution in [1.82, 2.24) is 14.3 Å². The summed E-state index contributed by atoms with van der Waals surface area (Å²) in [5.74, 6) is 0.0307. The van der Waals surface area contributed by atoms with E-state index in [0.29, 0.717) is 22.8 Å². The second-order valence-electron chi connectivity index (χ2n) is 6.96. The number of halogens is 1. The Bertz CT molecular complexity index is 1170. The van der Waals surface area contributed by atoms with Crippen molar-refractivity contribution >= 4 is 11.6 Å². The number of nitrogens with one attached hydrogen (secondary N) is 1. The van der Waals surface area contributed by atoms with Crippen LogP contribution in [0.3, 0.4) is 0 Å². The Kier molecular flexibility index (Phi) is 4.76. The first-order valence-electron chi connectivity index (χ1n) is 9.32. The number of carbonyl (C=O) groups is 1. The van der Waals surface area contributed by atoms with Crippen molar-refractivity contribution in [3.63, 3.8) is 0 Å². The van der Waals surface area contributed by atoms with Gasteiger partial charge in [0.15, 0.2) is 5.82 Å². The molecule has 0 bridgehead atoms. The fourth-order valence-electron chi connectivity index (χ4n) is 3.33. The van der Waals surface area contributed by atoms with E-state index in [0.717, 1.165) is 16.8 Å². The summed E-state index contributed by atoms with van der Waals surface area (Å²) in [4.78, 5) is 13.3. The van der Waals surface area contributed by atoms with E-state index in [1.807, 2.05) is 61.1 Å². The summed E-state index contributed by atoms with van der Waals surface area (Å²) < 4.78 is 16.9. The summed E-state index contributed by atoms with van der Waals surface area (Å²) >= 11 is 0. The van der Waals surface area contributed by atoms with Gasteiger partial charge in [-0.3, -0.25) is 4.79 Å². The second kappa shape index (κ2) is 7.39. The van der Waals surface area contributed by atoms with Gasteiger partial charge in [-0.2, -0.15) is 5.10 Å². The van der Waals surface area contributed by atoms with Gasteiger partial charge in [-0.15, -0.1) is 0 Å². The highest BCUT2D eigenvalue weighted by atomic mass is 19.1. The molecule has 0 spiro atoms. The minimum absolute atomic E-state index is 0.242. The van der Waals surface area contributed by atoms with Crippen molar-refractivity contribution in [2.75, 3.05) is 5.32 Å². The van der Waals surface area contributed by atoms with Gasteiger partial charge in [0.05, 0.1) is 11.4 Å². The Labute approximate surface area is 168 Å². The Morgan fingerprint density at radius 3 is 2.34 bits per heavy atom. The first-order chi connectivity index (χ1) is 14.0. The maximum Gasteiger partial charge on any atom is 0.261 e. The molecule has 0 aliphatic rings. The molecule has 4 aromatic rings. The highest BCUT2D eigenvalue weighted by Crippen LogP contribution is 2.25. The van der Waals surface area contributed by atoms with Crippen molar-refractivity contribution < 1.29 is 9.18 Å². The Morgan fingerprint density at radius 1 is 0.966 bits per heavy atom. The third-order valence-electron chi connectivity index (χ3n) is 5.04. The summed E-state index contributed by atoms with van der Waals surface area (Å²) in [6.45, 7) is 5.78. The predicted molar refractivity (Wildman–Crippen MR) is 111 cm³/mol. The van der Waals surface area contributed by atoms with Crippen LogP contribution >= 0.6 is 0 Å². The van der Waals surface area contributed by atoms with Crippen LogP contribution in [-0.4, -0.2) is 20.3 Å². The van der Waals surface area contributed by atoms with Gasteiger partial charge in [-0.25, -0.2) is 9.07 Å². The molecule has 2 heterocycles. The number of aromatic nitrogens is 3. The van der Waals surface area contributed by atoms with Crippen molar-refractivity contribution in [2.24, 2.45) is 0 Å². The molecule has 29 heavy (non-hydrogen) atoms. The molecule has 5 nitrogen and oxygen atoms in total. The Morgan fingerprint density at radius 2 is 1.66 bits per heavy atom. The van der Waals surface area contributed by atoms with Crippen LogP contribution in [-0.2, 0) is 0 Å². The van der Waals surface area contributed by atoms with Crippen LogP contribution in [0.5, 0.6) is 0 Å². The van der Waals surface area contributed by atoms with Gasteiger partial charge in [0.25, 0.3) is 5.91 Å². The number of carbonyl (C=O) groups excluding carboxylic acids is 1. The summed E-state index contributed by atoms with van der Waals surface area (Å²) in [5, 5.41) is 7.60. The summed E-state index contributed by atoms with van der Waals surface area (Å²) in [5.41, 5.74) is 4.61. The molecule has 0 saturated heterocycles. The van der Waals surface area contributed by atoms with Crippen molar-refractivity contribution in [3.8, 4) is 11.5 Å². The third-order valence-corrected chi connectivity index (χ3v) is 5.04. The summed E-state index contributed by atoms with van der Waals surface area (Å²) in [6, 6.07) is 15.6. The molecular formula is C23H21FN4O. The normalized spacial score (nSPS) is 10.9. The van der Waals surface area contributed by atoms with E-state index in [-0.39, 0.29) is 11.7 Å². The third kappa shape index (κ3) is 3.45. The number of rotatable bonds is 4. The molecule has 4 rings (SSSR count). The number of nitrogens with zero attached hydrogens (tertiary/aromatic N) is 3. The van der Waals surface area contributed by atoms with Gasteiger partial charge in [-0.1, -0.05) is 12.1 Å². The topological polar surface area (TPSA) is 51.9 Å². The monoisotopic (exact) mass is 388 g/mol. The molecule has 2 aromatic carbocycles. The van der Waals surface area contributed by atoms with Crippen LogP contribution in [0.1, 0.15) is 27.2 Å². The molecule has 1 N–H and O–H groups in total. The smallest absolute Gasteiger partial charge is 0.261 e. The minimum atomic E-state index is -0.326.